The number of hydrogen-bond donors (Lipinski definition) is 3. The van der Waals surface area contributed by atoms with Gasteiger partial charge in [0.25, 0.3) is 0 Å². The number of aromatic nitrogens is 1. The van der Waals surface area contributed by atoms with Gasteiger partial charge in [-0.25, -0.2) is 13.4 Å². The molecule has 0 unspecified atom stereocenters. The van der Waals surface area contributed by atoms with Crippen LogP contribution in [0.3, 0.4) is 0 Å². The Hall–Kier alpha value is -1.40. The highest BCUT2D eigenvalue weighted by molar-refractivity contribution is 14.0. The summed E-state index contributed by atoms with van der Waals surface area (Å²) in [6, 6.07) is 7.26. The number of sulfonamides is 1. The van der Waals surface area contributed by atoms with Crippen LogP contribution in [-0.2, 0) is 23.0 Å². The zero-order valence-corrected chi connectivity index (χ0v) is 18.9. The van der Waals surface area contributed by atoms with Crippen molar-refractivity contribution < 1.29 is 8.42 Å². The van der Waals surface area contributed by atoms with E-state index in [1.165, 1.54) is 0 Å². The number of para-hydroxylation sites is 1. The van der Waals surface area contributed by atoms with Gasteiger partial charge in [-0.1, -0.05) is 18.2 Å². The Kier molecular flexibility index (Phi) is 9.30. The summed E-state index contributed by atoms with van der Waals surface area (Å²) in [5, 5.41) is 9.54. The van der Waals surface area contributed by atoms with Crippen molar-refractivity contribution in [1.82, 2.24) is 15.6 Å². The van der Waals surface area contributed by atoms with Crippen LogP contribution in [0.4, 0.5) is 5.69 Å². The van der Waals surface area contributed by atoms with Crippen molar-refractivity contribution in [2.24, 2.45) is 4.99 Å². The molecule has 0 aliphatic carbocycles. The molecule has 1 aromatic heterocycles. The van der Waals surface area contributed by atoms with E-state index in [9.17, 15) is 8.42 Å². The zero-order chi connectivity index (χ0) is 18.3. The Labute approximate surface area is 175 Å². The van der Waals surface area contributed by atoms with Crippen LogP contribution in [0.1, 0.15) is 16.3 Å². The van der Waals surface area contributed by atoms with Crippen LogP contribution >= 0.6 is 35.3 Å². The molecule has 2 aromatic rings. The first-order valence-corrected chi connectivity index (χ1v) is 10.6. The number of anilines is 1. The molecule has 0 aliphatic heterocycles. The molecule has 0 saturated carbocycles. The third-order valence-corrected chi connectivity index (χ3v) is 4.74. The van der Waals surface area contributed by atoms with E-state index >= 15 is 0 Å². The van der Waals surface area contributed by atoms with Crippen LogP contribution in [0.15, 0.2) is 34.6 Å². The molecule has 0 spiro atoms. The predicted octanol–water partition coefficient (Wildman–Crippen LogP) is 2.35. The first kappa shape index (κ1) is 22.6. The lowest BCUT2D eigenvalue weighted by Gasteiger charge is -2.14. The van der Waals surface area contributed by atoms with Crippen molar-refractivity contribution >= 4 is 57.0 Å². The quantitative estimate of drug-likeness (QED) is 0.303. The fourth-order valence-electron chi connectivity index (χ4n) is 2.21. The molecule has 2 rings (SSSR count). The highest BCUT2D eigenvalue weighted by Crippen LogP contribution is 2.15. The molecular formula is C16H24IN5O2S2. The maximum absolute atomic E-state index is 11.5. The van der Waals surface area contributed by atoms with Crippen LogP contribution in [-0.4, -0.2) is 39.2 Å². The second-order valence-electron chi connectivity index (χ2n) is 5.49. The van der Waals surface area contributed by atoms with E-state index in [-0.39, 0.29) is 24.0 Å². The number of nitrogens with zero attached hydrogens (tertiary/aromatic N) is 2. The van der Waals surface area contributed by atoms with Gasteiger partial charge in [-0.05, 0) is 18.6 Å². The van der Waals surface area contributed by atoms with Crippen LogP contribution in [0.2, 0.25) is 0 Å². The van der Waals surface area contributed by atoms with Crippen molar-refractivity contribution in [2.75, 3.05) is 24.6 Å². The van der Waals surface area contributed by atoms with Gasteiger partial charge in [0.1, 0.15) is 0 Å². The number of halogens is 1. The lowest BCUT2D eigenvalue weighted by molar-refractivity contribution is 0.606. The van der Waals surface area contributed by atoms with Crippen molar-refractivity contribution in [2.45, 2.75) is 19.9 Å². The summed E-state index contributed by atoms with van der Waals surface area (Å²) in [5.74, 6) is 0.654. The number of aliphatic imine (C=N–C) groups is 1. The Bertz CT molecular complexity index is 837. The summed E-state index contributed by atoms with van der Waals surface area (Å²) >= 11 is 1.64. The Morgan fingerprint density at radius 2 is 2.00 bits per heavy atom. The SMILES string of the molecule is CN=C(NCCc1csc(C)n1)NCc1ccccc1NS(C)(=O)=O.I. The van der Waals surface area contributed by atoms with Gasteiger partial charge >= 0.3 is 0 Å². The summed E-state index contributed by atoms with van der Waals surface area (Å²) in [5.41, 5.74) is 2.46. The number of aryl methyl sites for hydroxylation is 1. The number of benzene rings is 1. The van der Waals surface area contributed by atoms with Crippen molar-refractivity contribution in [3.63, 3.8) is 0 Å². The molecule has 7 nitrogen and oxygen atoms in total. The number of thiazole rings is 1. The second kappa shape index (κ2) is 10.7. The summed E-state index contributed by atoms with van der Waals surface area (Å²) in [4.78, 5) is 8.61. The molecule has 1 aromatic carbocycles. The first-order chi connectivity index (χ1) is 11.9. The highest BCUT2D eigenvalue weighted by Gasteiger charge is 2.07. The van der Waals surface area contributed by atoms with E-state index in [0.29, 0.717) is 24.7 Å². The van der Waals surface area contributed by atoms with Crippen LogP contribution < -0.4 is 15.4 Å². The van der Waals surface area contributed by atoms with E-state index in [0.717, 1.165) is 28.9 Å². The average Bonchev–Trinajstić information content (AvgIpc) is 2.96. The highest BCUT2D eigenvalue weighted by atomic mass is 127. The molecule has 144 valence electrons. The largest absolute Gasteiger partial charge is 0.356 e. The van der Waals surface area contributed by atoms with Crippen molar-refractivity contribution in [1.29, 1.82) is 0 Å². The smallest absolute Gasteiger partial charge is 0.229 e. The van der Waals surface area contributed by atoms with E-state index < -0.39 is 10.0 Å². The molecule has 0 atom stereocenters. The van der Waals surface area contributed by atoms with E-state index in [2.05, 4.69) is 30.7 Å². The van der Waals surface area contributed by atoms with Gasteiger partial charge < -0.3 is 10.6 Å². The predicted molar refractivity (Wildman–Crippen MR) is 119 cm³/mol. The van der Waals surface area contributed by atoms with Crippen LogP contribution in [0.25, 0.3) is 0 Å². The lowest BCUT2D eigenvalue weighted by atomic mass is 10.2. The van der Waals surface area contributed by atoms with Crippen LogP contribution in [0, 0.1) is 6.92 Å². The topological polar surface area (TPSA) is 95.5 Å². The van der Waals surface area contributed by atoms with Gasteiger partial charge in [-0.2, -0.15) is 0 Å². The van der Waals surface area contributed by atoms with Crippen LogP contribution in [0.5, 0.6) is 0 Å². The van der Waals surface area contributed by atoms with Crippen molar-refractivity contribution in [3.8, 4) is 0 Å². The Balaban J connectivity index is 0.00000338. The van der Waals surface area contributed by atoms with Gasteiger partial charge in [-0.3, -0.25) is 9.71 Å². The minimum absolute atomic E-state index is 0. The third-order valence-electron chi connectivity index (χ3n) is 3.32. The van der Waals surface area contributed by atoms with E-state index in [4.69, 9.17) is 0 Å². The van der Waals surface area contributed by atoms with Gasteiger partial charge in [0.2, 0.25) is 10.0 Å². The molecule has 0 radical (unpaired) electrons. The number of rotatable bonds is 7. The van der Waals surface area contributed by atoms with Crippen molar-refractivity contribution in [3.05, 3.63) is 45.9 Å². The molecule has 0 fully saturated rings. The lowest BCUT2D eigenvalue weighted by Crippen LogP contribution is -2.38. The molecule has 0 aliphatic rings. The van der Waals surface area contributed by atoms with Gasteiger partial charge in [0.05, 0.1) is 22.6 Å². The minimum Gasteiger partial charge on any atom is -0.356 e. The molecule has 0 saturated heterocycles. The summed E-state index contributed by atoms with van der Waals surface area (Å²) < 4.78 is 25.4. The number of nitrogens with one attached hydrogen (secondary N) is 3. The maximum Gasteiger partial charge on any atom is 0.229 e. The van der Waals surface area contributed by atoms with E-state index in [1.807, 2.05) is 19.1 Å². The molecule has 0 amide bonds. The molecule has 1 heterocycles. The average molecular weight is 509 g/mol. The monoisotopic (exact) mass is 509 g/mol. The van der Waals surface area contributed by atoms with E-state index in [1.54, 1.807) is 30.5 Å². The fourth-order valence-corrected chi connectivity index (χ4v) is 3.45. The first-order valence-electron chi connectivity index (χ1n) is 7.78. The third kappa shape index (κ3) is 7.87. The Morgan fingerprint density at radius 1 is 1.27 bits per heavy atom. The number of guanidine groups is 1. The molecular weight excluding hydrogens is 485 g/mol. The normalized spacial score (nSPS) is 11.6. The standard InChI is InChI=1S/C16H23N5O2S2.HI/c1-12-20-14(11-24-12)8-9-18-16(17-2)19-10-13-6-4-5-7-15(13)21-25(3,22)23;/h4-7,11,21H,8-10H2,1-3H3,(H2,17,18,19);1H. The summed E-state index contributed by atoms with van der Waals surface area (Å²) in [7, 11) is -1.62. The zero-order valence-electron chi connectivity index (χ0n) is 14.9. The molecule has 3 N–H and O–H groups in total. The second-order valence-corrected chi connectivity index (χ2v) is 8.30. The van der Waals surface area contributed by atoms with Gasteiger partial charge in [-0.15, -0.1) is 35.3 Å². The summed E-state index contributed by atoms with van der Waals surface area (Å²) in [6.45, 7) is 3.16. The molecule has 26 heavy (non-hydrogen) atoms. The summed E-state index contributed by atoms with van der Waals surface area (Å²) in [6.07, 6.45) is 1.95. The molecule has 0 bridgehead atoms. The fraction of sp³-hybridized carbons (Fsp3) is 0.375. The minimum atomic E-state index is -3.32. The molecule has 10 heteroatoms. The number of hydrogen-bond acceptors (Lipinski definition) is 5. The maximum atomic E-state index is 11.5. The Morgan fingerprint density at radius 3 is 2.62 bits per heavy atom. The van der Waals surface area contributed by atoms with Gasteiger partial charge in [0.15, 0.2) is 5.96 Å². The van der Waals surface area contributed by atoms with Gasteiger partial charge in [0, 0.05) is 31.9 Å².